The molecular weight excluding hydrogens is 338 g/mol. The third kappa shape index (κ3) is 2.55. The number of hydrogen-bond acceptors (Lipinski definition) is 6. The topological polar surface area (TPSA) is 36.7 Å². The minimum absolute atomic E-state index is 0.900. The standard InChI is InChI=1S/C17H17N5S2/c1-20(2)14-8-5-4-7-12(14)13-11-22-16(18-13)24-17(19-22)21(3)15-9-6-10-23-15/h4-11H,1-3H3. The average Bonchev–Trinajstić information content (AvgIpc) is 3.29. The number of para-hydroxylation sites is 1. The van der Waals surface area contributed by atoms with Crippen molar-refractivity contribution in [1.82, 2.24) is 14.6 Å². The number of aromatic nitrogens is 3. The van der Waals surface area contributed by atoms with Crippen LogP contribution in [-0.4, -0.2) is 35.7 Å². The van der Waals surface area contributed by atoms with E-state index >= 15 is 0 Å². The van der Waals surface area contributed by atoms with E-state index in [1.54, 1.807) is 22.7 Å². The number of benzene rings is 1. The normalized spacial score (nSPS) is 11.1. The van der Waals surface area contributed by atoms with Gasteiger partial charge in [0, 0.05) is 32.4 Å². The first-order chi connectivity index (χ1) is 11.6. The molecule has 4 rings (SSSR count). The number of thiophene rings is 1. The Balaban J connectivity index is 1.72. The first-order valence-electron chi connectivity index (χ1n) is 7.53. The zero-order chi connectivity index (χ0) is 16.7. The van der Waals surface area contributed by atoms with Crippen LogP contribution in [0.4, 0.5) is 15.8 Å². The lowest BCUT2D eigenvalue weighted by Crippen LogP contribution is -2.09. The molecule has 0 aliphatic rings. The molecule has 0 unspecified atom stereocenters. The Hall–Kier alpha value is -2.38. The first-order valence-corrected chi connectivity index (χ1v) is 9.23. The van der Waals surface area contributed by atoms with E-state index in [1.807, 2.05) is 50.1 Å². The van der Waals surface area contributed by atoms with E-state index in [0.717, 1.165) is 27.0 Å². The highest BCUT2D eigenvalue weighted by atomic mass is 32.1. The molecule has 0 radical (unpaired) electrons. The van der Waals surface area contributed by atoms with Gasteiger partial charge in [0.2, 0.25) is 10.1 Å². The SMILES string of the molecule is CN(C)c1ccccc1-c1cn2nc(N(C)c3cccs3)sc2n1. The number of rotatable bonds is 4. The fourth-order valence-corrected chi connectivity index (χ4v) is 4.20. The molecule has 0 aliphatic heterocycles. The van der Waals surface area contributed by atoms with Crippen LogP contribution >= 0.6 is 22.7 Å². The molecule has 0 amide bonds. The minimum Gasteiger partial charge on any atom is -0.377 e. The number of hydrogen-bond donors (Lipinski definition) is 0. The van der Waals surface area contributed by atoms with Crippen molar-refractivity contribution in [3.63, 3.8) is 0 Å². The lowest BCUT2D eigenvalue weighted by atomic mass is 10.1. The van der Waals surface area contributed by atoms with Gasteiger partial charge in [-0.05, 0) is 23.6 Å². The van der Waals surface area contributed by atoms with Gasteiger partial charge in [0.05, 0.1) is 16.9 Å². The van der Waals surface area contributed by atoms with E-state index in [-0.39, 0.29) is 0 Å². The van der Waals surface area contributed by atoms with E-state index in [4.69, 9.17) is 4.98 Å². The maximum Gasteiger partial charge on any atom is 0.214 e. The molecule has 0 bridgehead atoms. The van der Waals surface area contributed by atoms with Crippen LogP contribution in [-0.2, 0) is 0 Å². The van der Waals surface area contributed by atoms with Crippen LogP contribution in [0.15, 0.2) is 48.0 Å². The molecule has 0 aliphatic carbocycles. The Labute approximate surface area is 148 Å². The molecule has 24 heavy (non-hydrogen) atoms. The summed E-state index contributed by atoms with van der Waals surface area (Å²) in [5.41, 5.74) is 3.22. The summed E-state index contributed by atoms with van der Waals surface area (Å²) in [6.07, 6.45) is 2.00. The van der Waals surface area contributed by atoms with Gasteiger partial charge in [0.25, 0.3) is 0 Å². The van der Waals surface area contributed by atoms with Crippen molar-refractivity contribution in [3.05, 3.63) is 48.0 Å². The van der Waals surface area contributed by atoms with Crippen molar-refractivity contribution in [1.29, 1.82) is 0 Å². The summed E-state index contributed by atoms with van der Waals surface area (Å²) in [4.78, 5) is 9.88. The first kappa shape index (κ1) is 15.2. The molecule has 0 spiro atoms. The Bertz CT molecular complexity index is 937. The summed E-state index contributed by atoms with van der Waals surface area (Å²) in [5.74, 6) is 0. The van der Waals surface area contributed by atoms with E-state index in [1.165, 1.54) is 5.00 Å². The van der Waals surface area contributed by atoms with E-state index in [0.29, 0.717) is 0 Å². The Morgan fingerprint density at radius 1 is 1.04 bits per heavy atom. The maximum atomic E-state index is 4.78. The molecule has 0 saturated carbocycles. The van der Waals surface area contributed by atoms with Gasteiger partial charge >= 0.3 is 0 Å². The number of anilines is 3. The van der Waals surface area contributed by atoms with Gasteiger partial charge in [-0.25, -0.2) is 9.50 Å². The second-order valence-corrected chi connectivity index (χ2v) is 7.52. The molecular formula is C17H17N5S2. The monoisotopic (exact) mass is 355 g/mol. The highest BCUT2D eigenvalue weighted by Crippen LogP contribution is 2.34. The predicted molar refractivity (Wildman–Crippen MR) is 103 cm³/mol. The fraction of sp³-hybridized carbons (Fsp3) is 0.176. The Kier molecular flexibility index (Phi) is 3.74. The molecule has 1 aromatic carbocycles. The van der Waals surface area contributed by atoms with Crippen molar-refractivity contribution >= 4 is 43.5 Å². The molecule has 0 fully saturated rings. The smallest absolute Gasteiger partial charge is 0.214 e. The van der Waals surface area contributed by atoms with E-state index in [9.17, 15) is 0 Å². The van der Waals surface area contributed by atoms with E-state index in [2.05, 4.69) is 38.5 Å². The highest BCUT2D eigenvalue weighted by Gasteiger charge is 2.15. The van der Waals surface area contributed by atoms with Gasteiger partial charge < -0.3 is 9.80 Å². The minimum atomic E-state index is 0.900. The zero-order valence-corrected chi connectivity index (χ0v) is 15.3. The van der Waals surface area contributed by atoms with Crippen LogP contribution < -0.4 is 9.80 Å². The third-order valence-electron chi connectivity index (χ3n) is 3.82. The van der Waals surface area contributed by atoms with Gasteiger partial charge in [-0.15, -0.1) is 16.4 Å². The Morgan fingerprint density at radius 2 is 1.88 bits per heavy atom. The molecule has 4 aromatic rings. The summed E-state index contributed by atoms with van der Waals surface area (Å²) >= 11 is 3.29. The van der Waals surface area contributed by atoms with Gasteiger partial charge in [0.15, 0.2) is 0 Å². The van der Waals surface area contributed by atoms with Gasteiger partial charge in [0.1, 0.15) is 0 Å². The second kappa shape index (κ2) is 5.92. The molecule has 122 valence electrons. The summed E-state index contributed by atoms with van der Waals surface area (Å²) in [7, 11) is 6.12. The molecule has 3 heterocycles. The molecule has 5 nitrogen and oxygen atoms in total. The van der Waals surface area contributed by atoms with Crippen LogP contribution in [0.3, 0.4) is 0 Å². The molecule has 7 heteroatoms. The summed E-state index contributed by atoms with van der Waals surface area (Å²) < 4.78 is 1.87. The van der Waals surface area contributed by atoms with Crippen LogP contribution in [0.1, 0.15) is 0 Å². The quantitative estimate of drug-likeness (QED) is 0.545. The second-order valence-electron chi connectivity index (χ2n) is 5.66. The Morgan fingerprint density at radius 3 is 2.58 bits per heavy atom. The van der Waals surface area contributed by atoms with Crippen LogP contribution in [0, 0.1) is 0 Å². The van der Waals surface area contributed by atoms with Crippen molar-refractivity contribution in [3.8, 4) is 11.3 Å². The van der Waals surface area contributed by atoms with Crippen molar-refractivity contribution in [2.75, 3.05) is 30.9 Å². The molecule has 0 saturated heterocycles. The maximum absolute atomic E-state index is 4.78. The fourth-order valence-electron chi connectivity index (χ4n) is 2.59. The van der Waals surface area contributed by atoms with Gasteiger partial charge in [-0.1, -0.05) is 29.5 Å². The lowest BCUT2D eigenvalue weighted by Gasteiger charge is -2.15. The van der Waals surface area contributed by atoms with Crippen molar-refractivity contribution in [2.24, 2.45) is 0 Å². The predicted octanol–water partition coefficient (Wildman–Crippen LogP) is 4.35. The van der Waals surface area contributed by atoms with Crippen LogP contribution in [0.2, 0.25) is 0 Å². The van der Waals surface area contributed by atoms with Gasteiger partial charge in [-0.2, -0.15) is 0 Å². The largest absolute Gasteiger partial charge is 0.377 e. The summed E-state index contributed by atoms with van der Waals surface area (Å²) in [6, 6.07) is 12.4. The number of fused-ring (bicyclic) bond motifs is 1. The lowest BCUT2D eigenvalue weighted by molar-refractivity contribution is 0.956. The van der Waals surface area contributed by atoms with Crippen molar-refractivity contribution in [2.45, 2.75) is 0 Å². The molecule has 3 aromatic heterocycles. The zero-order valence-electron chi connectivity index (χ0n) is 13.7. The van der Waals surface area contributed by atoms with Gasteiger partial charge in [-0.3, -0.25) is 0 Å². The van der Waals surface area contributed by atoms with Crippen LogP contribution in [0.25, 0.3) is 16.2 Å². The molecule has 0 N–H and O–H groups in total. The summed E-state index contributed by atoms with van der Waals surface area (Å²) in [5, 5.41) is 8.86. The average molecular weight is 355 g/mol. The highest BCUT2D eigenvalue weighted by molar-refractivity contribution is 7.21. The molecule has 0 atom stereocenters. The van der Waals surface area contributed by atoms with E-state index < -0.39 is 0 Å². The summed E-state index contributed by atoms with van der Waals surface area (Å²) in [6.45, 7) is 0. The number of nitrogens with zero attached hydrogens (tertiary/aromatic N) is 5. The van der Waals surface area contributed by atoms with Crippen molar-refractivity contribution < 1.29 is 0 Å². The third-order valence-corrected chi connectivity index (χ3v) is 5.76. The number of imidazole rings is 1. The van der Waals surface area contributed by atoms with Crippen LogP contribution in [0.5, 0.6) is 0 Å².